The Kier molecular flexibility index (Phi) is 2.14. The molecule has 1 saturated heterocycles. The van der Waals surface area contributed by atoms with Gasteiger partial charge in [-0.3, -0.25) is 0 Å². The van der Waals surface area contributed by atoms with Crippen molar-refractivity contribution in [3.63, 3.8) is 0 Å². The average Bonchev–Trinajstić information content (AvgIpc) is 2.05. The summed E-state index contributed by atoms with van der Waals surface area (Å²) in [5, 5.41) is 12.8. The van der Waals surface area contributed by atoms with Crippen LogP contribution in [0.15, 0.2) is 22.7 Å². The second-order valence-electron chi connectivity index (χ2n) is 3.26. The first kappa shape index (κ1) is 9.12. The number of benzene rings is 1. The minimum atomic E-state index is -1.02. The van der Waals surface area contributed by atoms with Crippen molar-refractivity contribution in [2.24, 2.45) is 0 Å². The van der Waals surface area contributed by atoms with Crippen molar-refractivity contribution in [2.75, 3.05) is 13.1 Å². The van der Waals surface area contributed by atoms with Gasteiger partial charge in [-0.05, 0) is 18.2 Å². The second kappa shape index (κ2) is 3.04. The molecule has 1 aliphatic heterocycles. The molecule has 0 aliphatic carbocycles. The number of nitrogens with one attached hydrogen (secondary N) is 1. The lowest BCUT2D eigenvalue weighted by molar-refractivity contribution is -0.0177. The second-order valence-corrected chi connectivity index (χ2v) is 4.17. The Morgan fingerprint density at radius 3 is 2.69 bits per heavy atom. The normalized spacial score (nSPS) is 19.6. The Balaban J connectivity index is 2.43. The van der Waals surface area contributed by atoms with Crippen LogP contribution in [-0.2, 0) is 5.60 Å². The molecule has 0 saturated carbocycles. The van der Waals surface area contributed by atoms with E-state index in [4.69, 9.17) is 0 Å². The maximum Gasteiger partial charge on any atom is 0.129 e. The molecule has 4 heteroatoms. The van der Waals surface area contributed by atoms with Gasteiger partial charge in [-0.25, -0.2) is 4.39 Å². The van der Waals surface area contributed by atoms with Gasteiger partial charge in [0.05, 0.1) is 0 Å². The molecule has 0 spiro atoms. The van der Waals surface area contributed by atoms with Crippen molar-refractivity contribution in [1.29, 1.82) is 0 Å². The van der Waals surface area contributed by atoms with Crippen LogP contribution in [0.2, 0.25) is 0 Å². The molecule has 13 heavy (non-hydrogen) atoms. The largest absolute Gasteiger partial charge is 0.382 e. The summed E-state index contributed by atoms with van der Waals surface area (Å²) in [6, 6.07) is 4.60. The van der Waals surface area contributed by atoms with Gasteiger partial charge in [-0.1, -0.05) is 15.9 Å². The van der Waals surface area contributed by atoms with E-state index in [0.717, 1.165) is 4.47 Å². The molecule has 1 aliphatic rings. The van der Waals surface area contributed by atoms with E-state index in [1.807, 2.05) is 0 Å². The number of hydrogen-bond donors (Lipinski definition) is 2. The monoisotopic (exact) mass is 245 g/mol. The molecule has 1 aromatic carbocycles. The van der Waals surface area contributed by atoms with E-state index in [2.05, 4.69) is 21.2 Å². The molecule has 0 aromatic heterocycles. The molecule has 0 radical (unpaired) electrons. The van der Waals surface area contributed by atoms with Gasteiger partial charge in [0.15, 0.2) is 0 Å². The highest BCUT2D eigenvalue weighted by Crippen LogP contribution is 2.29. The van der Waals surface area contributed by atoms with Crippen LogP contribution in [0.3, 0.4) is 0 Å². The number of rotatable bonds is 1. The van der Waals surface area contributed by atoms with Crippen LogP contribution in [0.25, 0.3) is 0 Å². The molecule has 1 heterocycles. The highest BCUT2D eigenvalue weighted by molar-refractivity contribution is 9.10. The van der Waals surface area contributed by atoms with E-state index >= 15 is 0 Å². The van der Waals surface area contributed by atoms with Gasteiger partial charge < -0.3 is 10.4 Å². The first-order valence-corrected chi connectivity index (χ1v) is 4.80. The van der Waals surface area contributed by atoms with Crippen molar-refractivity contribution >= 4 is 15.9 Å². The summed E-state index contributed by atoms with van der Waals surface area (Å²) in [6.07, 6.45) is 0. The van der Waals surface area contributed by atoms with Gasteiger partial charge in [0.25, 0.3) is 0 Å². The predicted octanol–water partition coefficient (Wildman–Crippen LogP) is 1.38. The molecule has 0 atom stereocenters. The maximum absolute atomic E-state index is 13.3. The molecule has 2 nitrogen and oxygen atoms in total. The molecule has 2 N–H and O–H groups in total. The lowest BCUT2D eigenvalue weighted by Gasteiger charge is -2.38. The fraction of sp³-hybridized carbons (Fsp3) is 0.333. The Labute approximate surface area is 83.9 Å². The standard InChI is InChI=1S/C9H9BrFNO/c10-6-1-2-8(11)7(3-6)9(13)4-12-5-9/h1-3,12-13H,4-5H2. The number of aliphatic hydroxyl groups is 1. The zero-order valence-corrected chi connectivity index (χ0v) is 8.44. The van der Waals surface area contributed by atoms with Crippen molar-refractivity contribution in [3.05, 3.63) is 34.1 Å². The minimum absolute atomic E-state index is 0.354. The smallest absolute Gasteiger partial charge is 0.129 e. The molecule has 2 rings (SSSR count). The topological polar surface area (TPSA) is 32.3 Å². The van der Waals surface area contributed by atoms with Crippen LogP contribution in [0.1, 0.15) is 5.56 Å². The van der Waals surface area contributed by atoms with Gasteiger partial charge in [-0.15, -0.1) is 0 Å². The van der Waals surface area contributed by atoms with Crippen LogP contribution in [0.5, 0.6) is 0 Å². The Morgan fingerprint density at radius 2 is 2.15 bits per heavy atom. The van der Waals surface area contributed by atoms with Crippen molar-refractivity contribution in [3.8, 4) is 0 Å². The van der Waals surface area contributed by atoms with Crippen LogP contribution in [0.4, 0.5) is 4.39 Å². The van der Waals surface area contributed by atoms with Gasteiger partial charge in [-0.2, -0.15) is 0 Å². The predicted molar refractivity (Wildman–Crippen MR) is 50.9 cm³/mol. The van der Waals surface area contributed by atoms with Crippen molar-refractivity contribution in [2.45, 2.75) is 5.60 Å². The third-order valence-corrected chi connectivity index (χ3v) is 2.76. The van der Waals surface area contributed by atoms with Gasteiger partial charge in [0.2, 0.25) is 0 Å². The summed E-state index contributed by atoms with van der Waals surface area (Å²) in [5.74, 6) is -0.354. The fourth-order valence-corrected chi connectivity index (χ4v) is 1.77. The zero-order valence-electron chi connectivity index (χ0n) is 6.85. The van der Waals surface area contributed by atoms with Crippen LogP contribution < -0.4 is 5.32 Å². The van der Waals surface area contributed by atoms with Gasteiger partial charge >= 0.3 is 0 Å². The van der Waals surface area contributed by atoms with E-state index in [1.54, 1.807) is 12.1 Å². The molecule has 0 bridgehead atoms. The molecule has 0 unspecified atom stereocenters. The Morgan fingerprint density at radius 1 is 1.46 bits per heavy atom. The van der Waals surface area contributed by atoms with E-state index in [-0.39, 0.29) is 5.82 Å². The summed E-state index contributed by atoms with van der Waals surface area (Å²) in [6.45, 7) is 0.834. The molecule has 1 fully saturated rings. The van der Waals surface area contributed by atoms with E-state index in [1.165, 1.54) is 6.07 Å². The summed E-state index contributed by atoms with van der Waals surface area (Å²) in [4.78, 5) is 0. The minimum Gasteiger partial charge on any atom is -0.382 e. The SMILES string of the molecule is OC1(c2cc(Br)ccc2F)CNC1. The van der Waals surface area contributed by atoms with Crippen LogP contribution in [0, 0.1) is 5.82 Å². The molecule has 0 amide bonds. The first-order valence-electron chi connectivity index (χ1n) is 4.00. The van der Waals surface area contributed by atoms with Gasteiger partial charge in [0.1, 0.15) is 11.4 Å². The highest BCUT2D eigenvalue weighted by atomic mass is 79.9. The fourth-order valence-electron chi connectivity index (χ4n) is 1.41. The lowest BCUT2D eigenvalue weighted by Crippen LogP contribution is -2.57. The summed E-state index contributed by atoms with van der Waals surface area (Å²) in [7, 11) is 0. The third-order valence-electron chi connectivity index (χ3n) is 2.26. The van der Waals surface area contributed by atoms with Gasteiger partial charge in [0, 0.05) is 23.1 Å². The van der Waals surface area contributed by atoms with Crippen LogP contribution >= 0.6 is 15.9 Å². The van der Waals surface area contributed by atoms with E-state index in [9.17, 15) is 9.50 Å². The van der Waals surface area contributed by atoms with Crippen molar-refractivity contribution < 1.29 is 9.50 Å². The zero-order chi connectivity index (χ0) is 9.47. The number of β-amino-alcohol motifs (C(OH)–C–C–N with tert-alkyl or cyclic N) is 1. The highest BCUT2D eigenvalue weighted by Gasteiger charge is 2.38. The third kappa shape index (κ3) is 1.49. The average molecular weight is 246 g/mol. The molecular formula is C9H9BrFNO. The van der Waals surface area contributed by atoms with E-state index < -0.39 is 5.60 Å². The molecule has 70 valence electrons. The number of hydrogen-bond acceptors (Lipinski definition) is 2. The van der Waals surface area contributed by atoms with Crippen molar-refractivity contribution in [1.82, 2.24) is 5.32 Å². The summed E-state index contributed by atoms with van der Waals surface area (Å²) < 4.78 is 14.1. The number of halogens is 2. The molecular weight excluding hydrogens is 237 g/mol. The first-order chi connectivity index (χ1) is 6.12. The molecule has 1 aromatic rings. The lowest BCUT2D eigenvalue weighted by atomic mass is 9.88. The maximum atomic E-state index is 13.3. The summed E-state index contributed by atoms with van der Waals surface area (Å²) in [5.41, 5.74) is -0.658. The van der Waals surface area contributed by atoms with E-state index in [0.29, 0.717) is 18.7 Å². The Hall–Kier alpha value is -0.450. The quantitative estimate of drug-likeness (QED) is 0.784. The van der Waals surface area contributed by atoms with Crippen LogP contribution in [-0.4, -0.2) is 18.2 Å². The summed E-state index contributed by atoms with van der Waals surface area (Å²) >= 11 is 3.24. The Bertz CT molecular complexity index is 338.